The minimum atomic E-state index is -0.710. The zero-order chi connectivity index (χ0) is 9.14. The van der Waals surface area contributed by atoms with Crippen LogP contribution in [0.2, 0.25) is 0 Å². The van der Waals surface area contributed by atoms with E-state index in [1.54, 1.807) is 6.92 Å². The van der Waals surface area contributed by atoms with Gasteiger partial charge in [0.15, 0.2) is 5.82 Å². The van der Waals surface area contributed by atoms with Crippen molar-refractivity contribution >= 4 is 0 Å². The highest BCUT2D eigenvalue weighted by Crippen LogP contribution is 2.17. The van der Waals surface area contributed by atoms with E-state index in [0.717, 1.165) is 0 Å². The molecule has 0 aliphatic rings. The first-order valence-electron chi connectivity index (χ1n) is 3.52. The first-order valence-corrected chi connectivity index (χ1v) is 3.52. The van der Waals surface area contributed by atoms with Crippen LogP contribution in [0.25, 0.3) is 0 Å². The summed E-state index contributed by atoms with van der Waals surface area (Å²) in [5.74, 6) is -0.615. The smallest absolute Gasteiger partial charge is 0.250 e. The third-order valence-electron chi connectivity index (χ3n) is 1.50. The van der Waals surface area contributed by atoms with E-state index < -0.39 is 11.9 Å². The highest BCUT2D eigenvalue weighted by molar-refractivity contribution is 5.21. The summed E-state index contributed by atoms with van der Waals surface area (Å²) < 4.78 is 17.5. The average Bonchev–Trinajstić information content (AvgIpc) is 2.04. The zero-order valence-corrected chi connectivity index (χ0v) is 6.91. The quantitative estimate of drug-likeness (QED) is 0.728. The van der Waals surface area contributed by atoms with Crippen LogP contribution in [0, 0.1) is 5.82 Å². The number of aliphatic hydroxyl groups is 1. The van der Waals surface area contributed by atoms with Gasteiger partial charge in [0, 0.05) is 11.8 Å². The fourth-order valence-corrected chi connectivity index (χ4v) is 0.819. The van der Waals surface area contributed by atoms with Crippen LogP contribution >= 0.6 is 0 Å². The molecule has 0 aromatic carbocycles. The van der Waals surface area contributed by atoms with Crippen molar-refractivity contribution in [3.05, 3.63) is 23.6 Å². The van der Waals surface area contributed by atoms with Crippen molar-refractivity contribution in [2.75, 3.05) is 7.11 Å². The zero-order valence-electron chi connectivity index (χ0n) is 6.91. The van der Waals surface area contributed by atoms with Crippen LogP contribution in [-0.2, 0) is 0 Å². The molecule has 1 aromatic rings. The van der Waals surface area contributed by atoms with Crippen molar-refractivity contribution in [1.82, 2.24) is 4.98 Å². The van der Waals surface area contributed by atoms with Gasteiger partial charge in [-0.05, 0) is 13.0 Å². The predicted octanol–water partition coefficient (Wildman–Crippen LogP) is 1.28. The number of halogens is 1. The summed E-state index contributed by atoms with van der Waals surface area (Å²) in [6, 6.07) is 1.20. The Labute approximate surface area is 69.8 Å². The van der Waals surface area contributed by atoms with Crippen molar-refractivity contribution < 1.29 is 14.2 Å². The fourth-order valence-electron chi connectivity index (χ4n) is 0.819. The molecule has 4 heteroatoms. The minimum absolute atomic E-state index is 0.0561. The van der Waals surface area contributed by atoms with E-state index in [1.165, 1.54) is 19.4 Å². The van der Waals surface area contributed by atoms with E-state index in [-0.39, 0.29) is 5.88 Å². The highest BCUT2D eigenvalue weighted by atomic mass is 19.1. The standard InChI is InChI=1S/C8H10FNO2/c1-5(11)6-3-7(9)8(12-2)10-4-6/h3-5,11H,1-2H3. The maximum Gasteiger partial charge on any atom is 0.250 e. The molecule has 1 heterocycles. The number of hydrogen-bond acceptors (Lipinski definition) is 3. The lowest BCUT2D eigenvalue weighted by atomic mass is 10.2. The number of rotatable bonds is 2. The highest BCUT2D eigenvalue weighted by Gasteiger charge is 2.07. The van der Waals surface area contributed by atoms with Crippen LogP contribution < -0.4 is 4.74 Å². The maximum absolute atomic E-state index is 12.9. The van der Waals surface area contributed by atoms with Gasteiger partial charge in [-0.1, -0.05) is 0 Å². The van der Waals surface area contributed by atoms with Crippen LogP contribution in [0.5, 0.6) is 5.88 Å². The molecule has 0 amide bonds. The summed E-state index contributed by atoms with van der Waals surface area (Å²) in [7, 11) is 1.34. The van der Waals surface area contributed by atoms with Gasteiger partial charge in [0.1, 0.15) is 0 Å². The maximum atomic E-state index is 12.9. The Bertz CT molecular complexity index is 276. The predicted molar refractivity (Wildman–Crippen MR) is 41.4 cm³/mol. The van der Waals surface area contributed by atoms with Gasteiger partial charge in [0.25, 0.3) is 0 Å². The van der Waals surface area contributed by atoms with Crippen LogP contribution in [0.15, 0.2) is 12.3 Å². The van der Waals surface area contributed by atoms with E-state index in [9.17, 15) is 4.39 Å². The molecular formula is C8H10FNO2. The Morgan fingerprint density at radius 1 is 1.67 bits per heavy atom. The molecule has 0 radical (unpaired) electrons. The van der Waals surface area contributed by atoms with Gasteiger partial charge in [-0.3, -0.25) is 0 Å². The molecule has 1 N–H and O–H groups in total. The molecule has 1 atom stereocenters. The third kappa shape index (κ3) is 1.71. The van der Waals surface area contributed by atoms with Crippen LogP contribution in [0.3, 0.4) is 0 Å². The number of ether oxygens (including phenoxy) is 1. The number of aliphatic hydroxyl groups excluding tert-OH is 1. The Balaban J connectivity index is 3.02. The summed E-state index contributed by atoms with van der Waals surface area (Å²) in [5, 5.41) is 9.06. The van der Waals surface area contributed by atoms with Gasteiger partial charge in [-0.2, -0.15) is 0 Å². The molecule has 1 unspecified atom stereocenters. The second-order valence-corrected chi connectivity index (χ2v) is 2.44. The van der Waals surface area contributed by atoms with Gasteiger partial charge in [-0.25, -0.2) is 9.37 Å². The first-order chi connectivity index (χ1) is 5.65. The molecule has 0 saturated carbocycles. The molecular weight excluding hydrogens is 161 g/mol. The third-order valence-corrected chi connectivity index (χ3v) is 1.50. The Hall–Kier alpha value is -1.16. The van der Waals surface area contributed by atoms with Crippen LogP contribution in [0.4, 0.5) is 4.39 Å². The molecule has 3 nitrogen and oxygen atoms in total. The second-order valence-electron chi connectivity index (χ2n) is 2.44. The molecule has 0 aliphatic heterocycles. The van der Waals surface area contributed by atoms with Gasteiger partial charge >= 0.3 is 0 Å². The molecule has 1 rings (SSSR count). The summed E-state index contributed by atoms with van der Waals surface area (Å²) in [5.41, 5.74) is 0.438. The van der Waals surface area contributed by atoms with Crippen molar-refractivity contribution in [3.8, 4) is 5.88 Å². The topological polar surface area (TPSA) is 42.4 Å². The molecule has 0 bridgehead atoms. The van der Waals surface area contributed by atoms with Gasteiger partial charge < -0.3 is 9.84 Å². The van der Waals surface area contributed by atoms with E-state index in [0.29, 0.717) is 5.56 Å². The van der Waals surface area contributed by atoms with Crippen molar-refractivity contribution in [2.24, 2.45) is 0 Å². The van der Waals surface area contributed by atoms with Gasteiger partial charge in [0.2, 0.25) is 5.88 Å². The monoisotopic (exact) mass is 171 g/mol. The average molecular weight is 171 g/mol. The van der Waals surface area contributed by atoms with Gasteiger partial charge in [0.05, 0.1) is 13.2 Å². The molecule has 0 aliphatic carbocycles. The number of methoxy groups -OCH3 is 1. The van der Waals surface area contributed by atoms with E-state index in [4.69, 9.17) is 5.11 Å². The fraction of sp³-hybridized carbons (Fsp3) is 0.375. The molecule has 66 valence electrons. The largest absolute Gasteiger partial charge is 0.479 e. The summed E-state index contributed by atoms with van der Waals surface area (Å²) >= 11 is 0. The molecule has 0 spiro atoms. The summed E-state index contributed by atoms with van der Waals surface area (Å²) in [6.07, 6.45) is 0.671. The lowest BCUT2D eigenvalue weighted by Gasteiger charge is -2.05. The van der Waals surface area contributed by atoms with E-state index in [1.807, 2.05) is 0 Å². The number of pyridine rings is 1. The Morgan fingerprint density at radius 2 is 2.33 bits per heavy atom. The van der Waals surface area contributed by atoms with Crippen molar-refractivity contribution in [1.29, 1.82) is 0 Å². The molecule has 0 saturated heterocycles. The number of hydrogen-bond donors (Lipinski definition) is 1. The second kappa shape index (κ2) is 3.49. The SMILES string of the molecule is COc1ncc(C(C)O)cc1F. The molecule has 1 aromatic heterocycles. The number of nitrogens with zero attached hydrogens (tertiary/aromatic N) is 1. The van der Waals surface area contributed by atoms with Crippen LogP contribution in [0.1, 0.15) is 18.6 Å². The normalized spacial score (nSPS) is 12.7. The van der Waals surface area contributed by atoms with Crippen molar-refractivity contribution in [3.63, 3.8) is 0 Å². The lowest BCUT2D eigenvalue weighted by Crippen LogP contribution is -1.97. The summed E-state index contributed by atoms with van der Waals surface area (Å²) in [4.78, 5) is 3.66. The minimum Gasteiger partial charge on any atom is -0.479 e. The van der Waals surface area contributed by atoms with Crippen molar-refractivity contribution in [2.45, 2.75) is 13.0 Å². The first kappa shape index (κ1) is 8.93. The van der Waals surface area contributed by atoms with E-state index in [2.05, 4.69) is 9.72 Å². The van der Waals surface area contributed by atoms with Crippen LogP contribution in [-0.4, -0.2) is 17.2 Å². The summed E-state index contributed by atoms with van der Waals surface area (Å²) in [6.45, 7) is 1.54. The Kier molecular flexibility index (Phi) is 2.60. The molecule has 0 fully saturated rings. The van der Waals surface area contributed by atoms with Gasteiger partial charge in [-0.15, -0.1) is 0 Å². The molecule has 12 heavy (non-hydrogen) atoms. The van der Waals surface area contributed by atoms with E-state index >= 15 is 0 Å². The Morgan fingerprint density at radius 3 is 2.75 bits per heavy atom. The number of aromatic nitrogens is 1. The lowest BCUT2D eigenvalue weighted by molar-refractivity contribution is 0.198.